The van der Waals surface area contributed by atoms with Crippen LogP contribution in [-0.2, 0) is 4.74 Å². The van der Waals surface area contributed by atoms with Gasteiger partial charge in [-0.05, 0) is 13.0 Å². The number of ether oxygens (including phenoxy) is 1. The number of hydrogen-bond donors (Lipinski definition) is 1. The van der Waals surface area contributed by atoms with Crippen LogP contribution in [0.15, 0.2) is 24.3 Å². The fourth-order valence-electron chi connectivity index (χ4n) is 1.33. The molecule has 1 rings (SSSR count). The lowest BCUT2D eigenvalue weighted by Gasteiger charge is -2.19. The average molecular weight is 220 g/mol. The van der Waals surface area contributed by atoms with Gasteiger partial charge >= 0.3 is 0 Å². The molecule has 0 saturated carbocycles. The van der Waals surface area contributed by atoms with Crippen LogP contribution in [0.4, 0.5) is 4.39 Å². The third kappa shape index (κ3) is 2.94. The Balaban J connectivity index is 0.00000169. The van der Waals surface area contributed by atoms with Crippen LogP contribution in [0.25, 0.3) is 0 Å². The van der Waals surface area contributed by atoms with Crippen molar-refractivity contribution in [2.24, 2.45) is 5.73 Å². The van der Waals surface area contributed by atoms with Gasteiger partial charge in [0.2, 0.25) is 0 Å². The molecule has 0 aliphatic rings. The Labute approximate surface area is 89.7 Å². The van der Waals surface area contributed by atoms with Crippen molar-refractivity contribution < 1.29 is 9.13 Å². The van der Waals surface area contributed by atoms with Gasteiger partial charge in [-0.3, -0.25) is 0 Å². The first-order valence-electron chi connectivity index (χ1n) is 4.19. The Hall–Kier alpha value is -0.640. The van der Waals surface area contributed by atoms with E-state index in [0.717, 1.165) is 0 Å². The van der Waals surface area contributed by atoms with E-state index in [-0.39, 0.29) is 30.4 Å². The van der Waals surface area contributed by atoms with Gasteiger partial charge in [0.05, 0.1) is 6.10 Å². The summed E-state index contributed by atoms with van der Waals surface area (Å²) in [6.07, 6.45) is -0.374. The van der Waals surface area contributed by atoms with Crippen molar-refractivity contribution >= 4 is 12.4 Å². The molecule has 0 radical (unpaired) electrons. The smallest absolute Gasteiger partial charge is 0.129 e. The summed E-state index contributed by atoms with van der Waals surface area (Å²) in [5.41, 5.74) is 6.17. The fourth-order valence-corrected chi connectivity index (χ4v) is 1.33. The molecule has 14 heavy (non-hydrogen) atoms. The number of hydrogen-bond acceptors (Lipinski definition) is 2. The van der Waals surface area contributed by atoms with Crippen LogP contribution in [0.3, 0.4) is 0 Å². The summed E-state index contributed by atoms with van der Waals surface area (Å²) in [7, 11) is 1.53. The fraction of sp³-hybridized carbons (Fsp3) is 0.400. The third-order valence-electron chi connectivity index (χ3n) is 1.94. The molecule has 0 fully saturated rings. The van der Waals surface area contributed by atoms with Crippen LogP contribution in [-0.4, -0.2) is 13.2 Å². The Kier molecular flexibility index (Phi) is 5.69. The molecule has 2 atom stereocenters. The third-order valence-corrected chi connectivity index (χ3v) is 1.94. The van der Waals surface area contributed by atoms with E-state index in [1.54, 1.807) is 25.1 Å². The van der Waals surface area contributed by atoms with Crippen LogP contribution in [0.2, 0.25) is 0 Å². The summed E-state index contributed by atoms with van der Waals surface area (Å²) in [4.78, 5) is 0. The maximum Gasteiger partial charge on any atom is 0.129 e. The molecule has 2 nitrogen and oxygen atoms in total. The minimum absolute atomic E-state index is 0. The normalized spacial score (nSPS) is 14.3. The number of halogens is 2. The quantitative estimate of drug-likeness (QED) is 0.847. The molecule has 0 saturated heterocycles. The van der Waals surface area contributed by atoms with Gasteiger partial charge in [0, 0.05) is 18.7 Å². The van der Waals surface area contributed by atoms with Gasteiger partial charge in [-0.25, -0.2) is 4.39 Å². The van der Waals surface area contributed by atoms with Crippen LogP contribution in [0, 0.1) is 5.82 Å². The van der Waals surface area contributed by atoms with E-state index >= 15 is 0 Å². The van der Waals surface area contributed by atoms with Gasteiger partial charge in [-0.15, -0.1) is 12.4 Å². The molecule has 0 aliphatic heterocycles. The summed E-state index contributed by atoms with van der Waals surface area (Å²) < 4.78 is 18.4. The molecule has 0 aliphatic carbocycles. The lowest BCUT2D eigenvalue weighted by atomic mass is 10.0. The van der Waals surface area contributed by atoms with Crippen LogP contribution in [0.5, 0.6) is 0 Å². The van der Waals surface area contributed by atoms with Crippen LogP contribution in [0.1, 0.15) is 18.6 Å². The van der Waals surface area contributed by atoms with Crippen molar-refractivity contribution in [3.8, 4) is 0 Å². The first kappa shape index (κ1) is 13.4. The highest BCUT2D eigenvalue weighted by Crippen LogP contribution is 2.21. The van der Waals surface area contributed by atoms with Gasteiger partial charge in [-0.2, -0.15) is 0 Å². The second kappa shape index (κ2) is 5.96. The Morgan fingerprint density at radius 3 is 2.36 bits per heavy atom. The van der Waals surface area contributed by atoms with Gasteiger partial charge in [0.15, 0.2) is 0 Å². The molecule has 0 aromatic heterocycles. The standard InChI is InChI=1S/C10H14FNO.ClH/c1-7(12)10(13-2)8-5-3-4-6-9(8)11;/h3-7,10H,12H2,1-2H3;1H. The topological polar surface area (TPSA) is 35.2 Å². The molecule has 4 heteroatoms. The minimum Gasteiger partial charge on any atom is -0.375 e. The van der Waals surface area contributed by atoms with Gasteiger partial charge < -0.3 is 10.5 Å². The Morgan fingerprint density at radius 2 is 1.93 bits per heavy atom. The molecule has 1 aromatic rings. The predicted molar refractivity (Wildman–Crippen MR) is 57.0 cm³/mol. The first-order chi connectivity index (χ1) is 6.16. The molecular formula is C10H15ClFNO. The van der Waals surface area contributed by atoms with E-state index in [1.807, 2.05) is 0 Å². The zero-order chi connectivity index (χ0) is 9.84. The zero-order valence-corrected chi connectivity index (χ0v) is 9.05. The molecule has 0 bridgehead atoms. The Morgan fingerprint density at radius 1 is 1.36 bits per heavy atom. The lowest BCUT2D eigenvalue weighted by Crippen LogP contribution is -2.26. The molecule has 80 valence electrons. The largest absolute Gasteiger partial charge is 0.375 e. The SMILES string of the molecule is COC(c1ccccc1F)C(C)N.Cl. The summed E-state index contributed by atoms with van der Waals surface area (Å²) >= 11 is 0. The molecule has 2 N–H and O–H groups in total. The summed E-state index contributed by atoms with van der Waals surface area (Å²) in [6.45, 7) is 1.79. The maximum absolute atomic E-state index is 13.3. The van der Waals surface area contributed by atoms with E-state index in [0.29, 0.717) is 5.56 Å². The average Bonchev–Trinajstić information content (AvgIpc) is 2.09. The molecule has 0 spiro atoms. The van der Waals surface area contributed by atoms with Crippen molar-refractivity contribution in [2.75, 3.05) is 7.11 Å². The molecule has 2 unspecified atom stereocenters. The second-order valence-corrected chi connectivity index (χ2v) is 3.04. The van der Waals surface area contributed by atoms with E-state index in [4.69, 9.17) is 10.5 Å². The van der Waals surface area contributed by atoms with E-state index in [9.17, 15) is 4.39 Å². The monoisotopic (exact) mass is 219 g/mol. The van der Waals surface area contributed by atoms with Crippen molar-refractivity contribution in [3.63, 3.8) is 0 Å². The van der Waals surface area contributed by atoms with Crippen molar-refractivity contribution in [1.29, 1.82) is 0 Å². The first-order valence-corrected chi connectivity index (χ1v) is 4.19. The molecule has 1 aromatic carbocycles. The van der Waals surface area contributed by atoms with Crippen molar-refractivity contribution in [3.05, 3.63) is 35.6 Å². The second-order valence-electron chi connectivity index (χ2n) is 3.04. The number of methoxy groups -OCH3 is 1. The predicted octanol–water partition coefficient (Wildman–Crippen LogP) is 2.28. The van der Waals surface area contributed by atoms with Crippen molar-refractivity contribution in [2.45, 2.75) is 19.1 Å². The summed E-state index contributed by atoms with van der Waals surface area (Å²) in [5, 5.41) is 0. The van der Waals surface area contributed by atoms with Gasteiger partial charge in [0.25, 0.3) is 0 Å². The lowest BCUT2D eigenvalue weighted by molar-refractivity contribution is 0.0823. The highest BCUT2D eigenvalue weighted by molar-refractivity contribution is 5.85. The summed E-state index contributed by atoms with van der Waals surface area (Å²) in [6, 6.07) is 6.29. The zero-order valence-electron chi connectivity index (χ0n) is 8.24. The van der Waals surface area contributed by atoms with Gasteiger partial charge in [-0.1, -0.05) is 18.2 Å². The molecule has 0 heterocycles. The van der Waals surface area contributed by atoms with Crippen molar-refractivity contribution in [1.82, 2.24) is 0 Å². The number of rotatable bonds is 3. The van der Waals surface area contributed by atoms with E-state index < -0.39 is 0 Å². The molecule has 0 amide bonds. The van der Waals surface area contributed by atoms with Crippen LogP contribution < -0.4 is 5.73 Å². The Bertz CT molecular complexity index is 281. The van der Waals surface area contributed by atoms with E-state index in [1.165, 1.54) is 13.2 Å². The van der Waals surface area contributed by atoms with Crippen LogP contribution >= 0.6 is 12.4 Å². The summed E-state index contributed by atoms with van der Waals surface area (Å²) in [5.74, 6) is -0.272. The number of nitrogens with two attached hydrogens (primary N) is 1. The maximum atomic E-state index is 13.3. The van der Waals surface area contributed by atoms with E-state index in [2.05, 4.69) is 0 Å². The van der Waals surface area contributed by atoms with Gasteiger partial charge in [0.1, 0.15) is 5.82 Å². The number of benzene rings is 1. The molecular weight excluding hydrogens is 205 g/mol. The minimum atomic E-state index is -0.374. The highest BCUT2D eigenvalue weighted by atomic mass is 35.5. The highest BCUT2D eigenvalue weighted by Gasteiger charge is 2.18.